The number of carbonyl (C=O) groups is 4. The predicted molar refractivity (Wildman–Crippen MR) is 163 cm³/mol. The summed E-state index contributed by atoms with van der Waals surface area (Å²) in [5.41, 5.74) is -1.86. The minimum absolute atomic E-state index is 0.112. The van der Waals surface area contributed by atoms with E-state index in [-0.39, 0.29) is 54.6 Å². The molecule has 11 heteroatoms. The van der Waals surface area contributed by atoms with Crippen LogP contribution in [0.4, 0.5) is 0 Å². The topological polar surface area (TPSA) is 125 Å². The number of rotatable bonds is 14. The van der Waals surface area contributed by atoms with Crippen molar-refractivity contribution in [2.75, 3.05) is 19.7 Å². The van der Waals surface area contributed by atoms with Crippen LogP contribution in [0.15, 0.2) is 25.3 Å². The monoisotopic (exact) mass is 653 g/mol. The van der Waals surface area contributed by atoms with Crippen LogP contribution in [0.5, 0.6) is 0 Å². The summed E-state index contributed by atoms with van der Waals surface area (Å²) < 4.78 is 12.4. The van der Waals surface area contributed by atoms with E-state index >= 15 is 0 Å². The minimum Gasteiger partial charge on any atom is -0.460 e. The van der Waals surface area contributed by atoms with E-state index in [1.165, 1.54) is 4.90 Å². The molecular formula is C31H48BrN3O7. The molecular weight excluding hydrogens is 606 g/mol. The number of allylic oxidation sites excluding steroid dienone is 1. The highest BCUT2D eigenvalue weighted by Crippen LogP contribution is 2.61. The van der Waals surface area contributed by atoms with Crippen LogP contribution in [0.25, 0.3) is 0 Å². The Morgan fingerprint density at radius 2 is 1.95 bits per heavy atom. The summed E-state index contributed by atoms with van der Waals surface area (Å²) in [4.78, 5) is 57.6. The Balaban J connectivity index is 2.00. The lowest BCUT2D eigenvalue weighted by Gasteiger charge is -2.44. The second-order valence-corrected chi connectivity index (χ2v) is 14.0. The average molecular weight is 655 g/mol. The summed E-state index contributed by atoms with van der Waals surface area (Å²) >= 11 is 3.68. The van der Waals surface area contributed by atoms with E-state index in [1.807, 2.05) is 34.6 Å². The number of aliphatic hydroxyl groups is 1. The largest absolute Gasteiger partial charge is 0.460 e. The molecule has 1 unspecified atom stereocenters. The molecule has 2 bridgehead atoms. The molecule has 3 rings (SSSR count). The number of halogens is 1. The number of hydrogen-bond acceptors (Lipinski definition) is 7. The summed E-state index contributed by atoms with van der Waals surface area (Å²) in [5, 5.41) is 13.3. The maximum atomic E-state index is 14.5. The van der Waals surface area contributed by atoms with Crippen LogP contribution in [0.1, 0.15) is 67.2 Å². The maximum absolute atomic E-state index is 14.5. The first-order chi connectivity index (χ1) is 19.7. The number of likely N-dealkylation sites (tertiary alicyclic amines) is 1. The molecule has 2 N–H and O–H groups in total. The molecule has 0 radical (unpaired) electrons. The van der Waals surface area contributed by atoms with Gasteiger partial charge in [0.05, 0.1) is 37.1 Å². The predicted octanol–water partition coefficient (Wildman–Crippen LogP) is 2.97. The normalized spacial score (nSPS) is 30.3. The van der Waals surface area contributed by atoms with Crippen molar-refractivity contribution in [1.29, 1.82) is 0 Å². The van der Waals surface area contributed by atoms with E-state index in [9.17, 15) is 24.3 Å². The van der Waals surface area contributed by atoms with Crippen molar-refractivity contribution < 1.29 is 33.8 Å². The van der Waals surface area contributed by atoms with Crippen molar-refractivity contribution in [2.24, 2.45) is 17.8 Å². The highest BCUT2D eigenvalue weighted by Gasteiger charge is 2.78. The van der Waals surface area contributed by atoms with Gasteiger partial charge in [0.25, 0.3) is 0 Å². The number of hydrogen-bond donors (Lipinski definition) is 2. The van der Waals surface area contributed by atoms with Crippen LogP contribution in [-0.2, 0) is 28.7 Å². The Bertz CT molecular complexity index is 1060. The number of nitrogens with one attached hydrogen (secondary N) is 1. The van der Waals surface area contributed by atoms with Crippen molar-refractivity contribution >= 4 is 39.6 Å². The van der Waals surface area contributed by atoms with Crippen LogP contribution in [0, 0.1) is 17.8 Å². The lowest BCUT2D eigenvalue weighted by molar-refractivity contribution is -0.160. The molecule has 3 saturated heterocycles. The van der Waals surface area contributed by atoms with Gasteiger partial charge in [-0.3, -0.25) is 19.2 Å². The first kappa shape index (κ1) is 34.3. The quantitative estimate of drug-likeness (QED) is 0.168. The van der Waals surface area contributed by atoms with Crippen molar-refractivity contribution in [1.82, 2.24) is 15.1 Å². The maximum Gasteiger partial charge on any atom is 0.312 e. The number of nitrogens with zero attached hydrogens (tertiary/aromatic N) is 2. The fraction of sp³-hybridized carbons (Fsp3) is 0.742. The number of aliphatic hydroxyl groups excluding tert-OH is 1. The van der Waals surface area contributed by atoms with E-state index in [2.05, 4.69) is 34.4 Å². The van der Waals surface area contributed by atoms with Gasteiger partial charge in [-0.1, -0.05) is 48.4 Å². The zero-order chi connectivity index (χ0) is 31.6. The third kappa shape index (κ3) is 6.33. The zero-order valence-corrected chi connectivity index (χ0v) is 27.4. The number of fused-ring (bicyclic) bond motifs is 1. The Morgan fingerprint density at radius 1 is 1.29 bits per heavy atom. The summed E-state index contributed by atoms with van der Waals surface area (Å²) in [6, 6.07) is -1.68. The molecule has 9 atom stereocenters. The molecule has 0 aromatic carbocycles. The van der Waals surface area contributed by atoms with Gasteiger partial charge in [-0.15, -0.1) is 13.2 Å². The molecule has 3 aliphatic heterocycles. The van der Waals surface area contributed by atoms with Gasteiger partial charge in [0.15, 0.2) is 0 Å². The minimum atomic E-state index is -1.27. The van der Waals surface area contributed by atoms with Crippen LogP contribution in [0.2, 0.25) is 0 Å². The van der Waals surface area contributed by atoms with Gasteiger partial charge < -0.3 is 29.7 Å². The number of carbonyl (C=O) groups excluding carboxylic acids is 4. The van der Waals surface area contributed by atoms with Gasteiger partial charge in [0.2, 0.25) is 17.7 Å². The Labute approximate surface area is 258 Å². The van der Waals surface area contributed by atoms with Gasteiger partial charge in [0, 0.05) is 23.3 Å². The van der Waals surface area contributed by atoms with Crippen molar-refractivity contribution in [3.05, 3.63) is 25.3 Å². The first-order valence-corrected chi connectivity index (χ1v) is 15.9. The number of esters is 1. The summed E-state index contributed by atoms with van der Waals surface area (Å²) in [6.07, 6.45) is 3.85. The fourth-order valence-corrected chi connectivity index (χ4v) is 7.60. The number of alkyl halides is 1. The zero-order valence-electron chi connectivity index (χ0n) is 25.8. The van der Waals surface area contributed by atoms with Gasteiger partial charge in [-0.2, -0.15) is 0 Å². The third-order valence-corrected chi connectivity index (χ3v) is 9.79. The van der Waals surface area contributed by atoms with E-state index in [0.29, 0.717) is 19.3 Å². The first-order valence-electron chi connectivity index (χ1n) is 14.9. The van der Waals surface area contributed by atoms with Crippen LogP contribution in [0.3, 0.4) is 0 Å². The Morgan fingerprint density at radius 3 is 2.50 bits per heavy atom. The number of amides is 3. The molecule has 3 fully saturated rings. The smallest absolute Gasteiger partial charge is 0.312 e. The van der Waals surface area contributed by atoms with Crippen LogP contribution < -0.4 is 5.32 Å². The highest BCUT2D eigenvalue weighted by atomic mass is 79.9. The Kier molecular flexibility index (Phi) is 11.1. The molecule has 42 heavy (non-hydrogen) atoms. The number of ether oxygens (including phenoxy) is 2. The molecule has 236 valence electrons. The standard InChI is InChI=1S/C31H48BrN3O7/c1-9-12-13-22(37)33-16-19(5)41-29(40)23-24-27(38)35(21(17-36)18(4)11-3)26(31(24)15-20(32)25(23)42-31)28(39)34(14-10-2)30(6,7)8/h9-10,18-21,23-26,36H,1-2,11-17H2,3-8H3,(H,33,37)/t18-,19-,20?,21-,23-,24+,25-,26-,31+/m0/s1. The highest BCUT2D eigenvalue weighted by molar-refractivity contribution is 9.09. The Hall–Kier alpha value is -2.24. The van der Waals surface area contributed by atoms with Gasteiger partial charge in [-0.05, 0) is 46.5 Å². The molecule has 0 aromatic rings. The summed E-state index contributed by atoms with van der Waals surface area (Å²) in [7, 11) is 0. The van der Waals surface area contributed by atoms with Gasteiger partial charge in [-0.25, -0.2) is 0 Å². The lowest BCUT2D eigenvalue weighted by Crippen LogP contribution is -2.62. The van der Waals surface area contributed by atoms with E-state index in [0.717, 1.165) is 0 Å². The molecule has 3 heterocycles. The van der Waals surface area contributed by atoms with E-state index < -0.39 is 53.2 Å². The van der Waals surface area contributed by atoms with Crippen LogP contribution in [-0.4, -0.2) is 98.6 Å². The second kappa shape index (κ2) is 13.6. The van der Waals surface area contributed by atoms with E-state index in [4.69, 9.17) is 9.47 Å². The van der Waals surface area contributed by atoms with E-state index in [1.54, 1.807) is 24.0 Å². The summed E-state index contributed by atoms with van der Waals surface area (Å²) in [5.74, 6) is -3.47. The molecule has 0 aromatic heterocycles. The van der Waals surface area contributed by atoms with Crippen molar-refractivity contribution in [3.8, 4) is 0 Å². The summed E-state index contributed by atoms with van der Waals surface area (Å²) in [6.45, 7) is 18.8. The molecule has 3 aliphatic rings. The van der Waals surface area contributed by atoms with Crippen molar-refractivity contribution in [2.45, 2.75) is 107 Å². The molecule has 3 amide bonds. The average Bonchev–Trinajstić information content (AvgIpc) is 3.52. The molecule has 0 saturated carbocycles. The van der Waals surface area contributed by atoms with Gasteiger partial charge in [0.1, 0.15) is 17.7 Å². The molecule has 10 nitrogen and oxygen atoms in total. The lowest BCUT2D eigenvalue weighted by atomic mass is 9.70. The molecule has 0 aliphatic carbocycles. The third-order valence-electron chi connectivity index (χ3n) is 8.95. The molecule has 1 spiro atoms. The van der Waals surface area contributed by atoms with Crippen molar-refractivity contribution in [3.63, 3.8) is 0 Å². The van der Waals surface area contributed by atoms with Crippen LogP contribution >= 0.6 is 15.9 Å². The fourth-order valence-electron chi connectivity index (χ4n) is 6.66. The second-order valence-electron chi connectivity index (χ2n) is 12.8. The van der Waals surface area contributed by atoms with Gasteiger partial charge >= 0.3 is 5.97 Å². The SMILES string of the molecule is C=CCCC(=O)NC[C@H](C)OC(=O)[C@@H]1[C@H]2O[C@@]3(CC2Br)[C@H](C(=O)N(CC=C)C(C)(C)C)N([C@@H](CO)[C@@H](C)CC)C(=O)[C@@H]13.